The van der Waals surface area contributed by atoms with Crippen LogP contribution in [0.4, 0.5) is 14.5 Å². The van der Waals surface area contributed by atoms with Crippen LogP contribution in [0.25, 0.3) is 17.0 Å². The Morgan fingerprint density at radius 3 is 2.56 bits per heavy atom. The Hall–Kier alpha value is -3.29. The first-order valence-corrected chi connectivity index (χ1v) is 11.1. The average Bonchev–Trinajstić information content (AvgIpc) is 3.26. The number of aromatic nitrogens is 1. The van der Waals surface area contributed by atoms with Gasteiger partial charge in [0.25, 0.3) is 5.91 Å². The number of nitrogens with zero attached hydrogens (tertiary/aromatic N) is 2. The molecule has 0 radical (unpaired) electrons. The molecule has 1 saturated heterocycles. The van der Waals surface area contributed by atoms with Gasteiger partial charge >= 0.3 is 0 Å². The normalized spacial score (nSPS) is 15.3. The van der Waals surface area contributed by atoms with Gasteiger partial charge in [-0.15, -0.1) is 0 Å². The molecule has 0 bridgehead atoms. The Morgan fingerprint density at radius 1 is 0.969 bits per heavy atom. The van der Waals surface area contributed by atoms with Crippen molar-refractivity contribution in [2.45, 2.75) is 6.54 Å². The van der Waals surface area contributed by atoms with Crippen LogP contribution in [0.15, 0.2) is 83.9 Å². The first-order valence-electron chi connectivity index (χ1n) is 9.86. The van der Waals surface area contributed by atoms with Gasteiger partial charge in [-0.2, -0.15) is 0 Å². The highest BCUT2D eigenvalue weighted by Gasteiger charge is 2.33. The van der Waals surface area contributed by atoms with E-state index in [0.29, 0.717) is 27.0 Å². The number of benzene rings is 3. The summed E-state index contributed by atoms with van der Waals surface area (Å²) < 4.78 is 30.2. The summed E-state index contributed by atoms with van der Waals surface area (Å²) in [7, 11) is 0. The third-order valence-corrected chi connectivity index (χ3v) is 6.57. The van der Waals surface area contributed by atoms with Crippen LogP contribution in [0.1, 0.15) is 11.1 Å². The maximum absolute atomic E-state index is 14.2. The zero-order chi connectivity index (χ0) is 22.2. The van der Waals surface area contributed by atoms with E-state index in [1.807, 2.05) is 41.1 Å². The lowest BCUT2D eigenvalue weighted by Gasteiger charge is -2.14. The molecule has 0 aliphatic carbocycles. The second-order valence-corrected chi connectivity index (χ2v) is 8.99. The minimum atomic E-state index is -0.434. The molecule has 0 saturated carbocycles. The van der Waals surface area contributed by atoms with Gasteiger partial charge < -0.3 is 4.57 Å². The summed E-state index contributed by atoms with van der Waals surface area (Å²) in [6.45, 7) is 0.366. The lowest BCUT2D eigenvalue weighted by Crippen LogP contribution is -2.27. The molecule has 0 N–H and O–H groups in total. The van der Waals surface area contributed by atoms with Crippen LogP contribution in [0.5, 0.6) is 0 Å². The molecule has 1 aliphatic heterocycles. The van der Waals surface area contributed by atoms with Crippen molar-refractivity contribution < 1.29 is 13.6 Å². The summed E-state index contributed by atoms with van der Waals surface area (Å²) in [4.78, 5) is 14.9. The van der Waals surface area contributed by atoms with Crippen LogP contribution in [-0.4, -0.2) is 14.8 Å². The summed E-state index contributed by atoms with van der Waals surface area (Å²) in [6.07, 6.45) is 3.70. The average molecular weight is 463 g/mol. The molecule has 32 heavy (non-hydrogen) atoms. The molecule has 1 amide bonds. The number of para-hydroxylation sites is 1. The first-order chi connectivity index (χ1) is 15.5. The number of fused-ring (bicyclic) bond motifs is 1. The van der Waals surface area contributed by atoms with Gasteiger partial charge in [0, 0.05) is 28.2 Å². The van der Waals surface area contributed by atoms with E-state index < -0.39 is 5.82 Å². The van der Waals surface area contributed by atoms with Gasteiger partial charge in [-0.05, 0) is 36.4 Å². The molecule has 1 aliphatic rings. The molecule has 2 heterocycles. The summed E-state index contributed by atoms with van der Waals surface area (Å²) in [5.74, 6) is -0.990. The van der Waals surface area contributed by atoms with Crippen LogP contribution >= 0.6 is 24.0 Å². The smallest absolute Gasteiger partial charge is 0.270 e. The van der Waals surface area contributed by atoms with Crippen molar-refractivity contribution in [1.29, 1.82) is 0 Å². The van der Waals surface area contributed by atoms with Gasteiger partial charge in [0.2, 0.25) is 0 Å². The van der Waals surface area contributed by atoms with Gasteiger partial charge in [0.05, 0.1) is 17.1 Å². The van der Waals surface area contributed by atoms with Gasteiger partial charge in [-0.1, -0.05) is 66.4 Å². The summed E-state index contributed by atoms with van der Waals surface area (Å²) >= 11 is 6.57. The van der Waals surface area contributed by atoms with Crippen molar-refractivity contribution in [2.75, 3.05) is 4.90 Å². The van der Waals surface area contributed by atoms with E-state index in [1.165, 1.54) is 34.9 Å². The Morgan fingerprint density at radius 2 is 1.75 bits per heavy atom. The van der Waals surface area contributed by atoms with Crippen LogP contribution < -0.4 is 4.90 Å². The van der Waals surface area contributed by atoms with Gasteiger partial charge in [-0.25, -0.2) is 8.78 Å². The summed E-state index contributed by atoms with van der Waals surface area (Å²) in [5.41, 5.74) is 2.74. The standard InChI is InChI=1S/C25H16F2N2OS2/c26-18-7-5-8-19(13-18)29-24(30)23(32-25(29)31)12-17-15-28(22-11-4-2-9-20(17)22)14-16-6-1-3-10-21(16)27/h1-13,15H,14H2. The molecule has 3 aromatic carbocycles. The summed E-state index contributed by atoms with van der Waals surface area (Å²) in [6, 6.07) is 20.3. The monoisotopic (exact) mass is 462 g/mol. The maximum Gasteiger partial charge on any atom is 0.270 e. The van der Waals surface area contributed by atoms with E-state index in [0.717, 1.165) is 16.5 Å². The number of rotatable bonds is 4. The highest BCUT2D eigenvalue weighted by Crippen LogP contribution is 2.37. The number of anilines is 1. The van der Waals surface area contributed by atoms with Crippen LogP contribution in [-0.2, 0) is 11.3 Å². The quantitative estimate of drug-likeness (QED) is 0.260. The minimum Gasteiger partial charge on any atom is -0.342 e. The molecule has 5 rings (SSSR count). The molecular weight excluding hydrogens is 446 g/mol. The maximum atomic E-state index is 14.2. The fourth-order valence-electron chi connectivity index (χ4n) is 3.78. The van der Waals surface area contributed by atoms with E-state index >= 15 is 0 Å². The Labute approximate surface area is 193 Å². The number of thiocarbonyl (C=S) groups is 1. The van der Waals surface area contributed by atoms with Crippen LogP contribution in [0.2, 0.25) is 0 Å². The second-order valence-electron chi connectivity index (χ2n) is 7.32. The molecule has 0 spiro atoms. The predicted molar refractivity (Wildman–Crippen MR) is 129 cm³/mol. The van der Waals surface area contributed by atoms with Crippen molar-refractivity contribution >= 4 is 56.9 Å². The lowest BCUT2D eigenvalue weighted by atomic mass is 10.1. The van der Waals surface area contributed by atoms with Gasteiger partial charge in [0.1, 0.15) is 11.6 Å². The van der Waals surface area contributed by atoms with Gasteiger partial charge in [0.15, 0.2) is 4.32 Å². The number of thioether (sulfide) groups is 1. The van der Waals surface area contributed by atoms with Gasteiger partial charge in [-0.3, -0.25) is 9.69 Å². The number of hydrogen-bond donors (Lipinski definition) is 0. The number of carbonyl (C=O) groups excluding carboxylic acids is 1. The molecule has 4 aromatic rings. The van der Waals surface area contributed by atoms with E-state index in [1.54, 1.807) is 30.3 Å². The zero-order valence-electron chi connectivity index (χ0n) is 16.7. The molecule has 1 aromatic heterocycles. The van der Waals surface area contributed by atoms with Crippen molar-refractivity contribution in [2.24, 2.45) is 0 Å². The van der Waals surface area contributed by atoms with Crippen LogP contribution in [0.3, 0.4) is 0 Å². The molecule has 1 fully saturated rings. The molecule has 3 nitrogen and oxygen atoms in total. The minimum absolute atomic E-state index is 0.261. The SMILES string of the molecule is O=C1C(=Cc2cn(Cc3ccccc3F)c3ccccc23)SC(=S)N1c1cccc(F)c1. The van der Waals surface area contributed by atoms with Crippen LogP contribution in [0, 0.1) is 11.6 Å². The third kappa shape index (κ3) is 3.74. The summed E-state index contributed by atoms with van der Waals surface area (Å²) in [5, 5.41) is 0.944. The van der Waals surface area contributed by atoms with Crippen molar-refractivity contribution in [3.05, 3.63) is 107 Å². The van der Waals surface area contributed by atoms with E-state index in [9.17, 15) is 13.6 Å². The fourth-order valence-corrected chi connectivity index (χ4v) is 5.07. The number of amides is 1. The highest BCUT2D eigenvalue weighted by atomic mass is 32.2. The number of halogens is 2. The van der Waals surface area contributed by atoms with Crippen molar-refractivity contribution in [1.82, 2.24) is 4.57 Å². The van der Waals surface area contributed by atoms with E-state index in [4.69, 9.17) is 12.2 Å². The molecule has 0 atom stereocenters. The van der Waals surface area contributed by atoms with E-state index in [2.05, 4.69) is 0 Å². The number of hydrogen-bond acceptors (Lipinski definition) is 3. The predicted octanol–water partition coefficient (Wildman–Crippen LogP) is 6.37. The molecule has 158 valence electrons. The topological polar surface area (TPSA) is 25.2 Å². The fraction of sp³-hybridized carbons (Fsp3) is 0.0400. The van der Waals surface area contributed by atoms with Crippen molar-refractivity contribution in [3.8, 4) is 0 Å². The highest BCUT2D eigenvalue weighted by molar-refractivity contribution is 8.27. The lowest BCUT2D eigenvalue weighted by molar-refractivity contribution is -0.113. The number of carbonyl (C=O) groups is 1. The second kappa shape index (κ2) is 8.33. The van der Waals surface area contributed by atoms with E-state index in [-0.39, 0.29) is 11.7 Å². The zero-order valence-corrected chi connectivity index (χ0v) is 18.3. The molecule has 7 heteroatoms. The molecule has 0 unspecified atom stereocenters. The Bertz CT molecular complexity index is 1410. The Kier molecular flexibility index (Phi) is 5.36. The Balaban J connectivity index is 1.53. The third-order valence-electron chi connectivity index (χ3n) is 5.26. The first kappa shape index (κ1) is 20.6. The largest absolute Gasteiger partial charge is 0.342 e. The molecular formula is C25H16F2N2OS2. The van der Waals surface area contributed by atoms with Crippen molar-refractivity contribution in [3.63, 3.8) is 0 Å².